The van der Waals surface area contributed by atoms with Crippen molar-refractivity contribution in [1.29, 1.82) is 0 Å². The third-order valence-electron chi connectivity index (χ3n) is 1.98. The Kier molecular flexibility index (Phi) is 4.29. The van der Waals surface area contributed by atoms with Crippen LogP contribution in [0.1, 0.15) is 29.9 Å². The third-order valence-corrected chi connectivity index (χ3v) is 3.21. The molecule has 1 atom stereocenters. The van der Waals surface area contributed by atoms with Gasteiger partial charge in [0.15, 0.2) is 5.78 Å². The minimum absolute atomic E-state index is 0.0194. The molecule has 1 N–H and O–H groups in total. The average molecular weight is 246 g/mol. The number of thiophene rings is 1. The maximum atomic E-state index is 11.6. The zero-order valence-electron chi connectivity index (χ0n) is 8.54. The zero-order chi connectivity index (χ0) is 11.4. The molecule has 0 saturated carbocycles. The van der Waals surface area contributed by atoms with Crippen molar-refractivity contribution in [3.63, 3.8) is 0 Å². The van der Waals surface area contributed by atoms with Crippen LogP contribution in [0.15, 0.2) is 12.1 Å². The fourth-order valence-corrected chi connectivity index (χ4v) is 2.04. The van der Waals surface area contributed by atoms with Gasteiger partial charge in [0.1, 0.15) is 0 Å². The summed E-state index contributed by atoms with van der Waals surface area (Å²) >= 11 is 6.90. The summed E-state index contributed by atoms with van der Waals surface area (Å²) in [6.07, 6.45) is 0.423. The highest BCUT2D eigenvalue weighted by Crippen LogP contribution is 2.21. The Labute approximate surface area is 97.4 Å². The van der Waals surface area contributed by atoms with Gasteiger partial charge in [-0.05, 0) is 19.1 Å². The number of Topliss-reactive ketones (excluding diaryl/α,β-unsaturated/α-hetero) is 1. The van der Waals surface area contributed by atoms with Gasteiger partial charge in [-0.3, -0.25) is 9.59 Å². The van der Waals surface area contributed by atoms with Crippen LogP contribution < -0.4 is 5.32 Å². The summed E-state index contributed by atoms with van der Waals surface area (Å²) in [7, 11) is 0. The van der Waals surface area contributed by atoms with Crippen molar-refractivity contribution in [2.45, 2.75) is 26.3 Å². The quantitative estimate of drug-likeness (QED) is 0.886. The number of rotatable bonds is 4. The second kappa shape index (κ2) is 5.28. The van der Waals surface area contributed by atoms with Gasteiger partial charge in [-0.1, -0.05) is 18.5 Å². The SMILES string of the molecule is CCC(=O)C(C)NC(=O)c1ccc(Cl)s1. The molecule has 82 valence electrons. The molecule has 0 aromatic carbocycles. The van der Waals surface area contributed by atoms with Crippen LogP contribution in [0.25, 0.3) is 0 Å². The summed E-state index contributed by atoms with van der Waals surface area (Å²) in [6.45, 7) is 3.45. The first kappa shape index (κ1) is 12.2. The van der Waals surface area contributed by atoms with E-state index in [1.54, 1.807) is 26.0 Å². The van der Waals surface area contributed by atoms with Crippen LogP contribution in [0, 0.1) is 0 Å². The van der Waals surface area contributed by atoms with E-state index in [9.17, 15) is 9.59 Å². The van der Waals surface area contributed by atoms with Gasteiger partial charge in [0, 0.05) is 6.42 Å². The van der Waals surface area contributed by atoms with Crippen LogP contribution in [0.5, 0.6) is 0 Å². The van der Waals surface area contributed by atoms with Gasteiger partial charge in [0.05, 0.1) is 15.3 Å². The first-order valence-electron chi connectivity index (χ1n) is 4.63. The van der Waals surface area contributed by atoms with Crippen molar-refractivity contribution in [2.24, 2.45) is 0 Å². The van der Waals surface area contributed by atoms with Crippen molar-refractivity contribution in [1.82, 2.24) is 5.32 Å². The topological polar surface area (TPSA) is 46.2 Å². The number of amides is 1. The summed E-state index contributed by atoms with van der Waals surface area (Å²) in [5, 5.41) is 2.62. The Hall–Kier alpha value is -0.870. The maximum Gasteiger partial charge on any atom is 0.261 e. The molecule has 0 aliphatic carbocycles. The van der Waals surface area contributed by atoms with Crippen LogP contribution in [-0.4, -0.2) is 17.7 Å². The second-order valence-corrected chi connectivity index (χ2v) is 4.83. The lowest BCUT2D eigenvalue weighted by Crippen LogP contribution is -2.37. The van der Waals surface area contributed by atoms with E-state index < -0.39 is 6.04 Å². The summed E-state index contributed by atoms with van der Waals surface area (Å²) in [5.41, 5.74) is 0. The number of hydrogen-bond acceptors (Lipinski definition) is 3. The normalized spacial score (nSPS) is 12.2. The number of carbonyl (C=O) groups is 2. The van der Waals surface area contributed by atoms with Gasteiger partial charge in [0.25, 0.3) is 5.91 Å². The van der Waals surface area contributed by atoms with Crippen LogP contribution in [0.4, 0.5) is 0 Å². The predicted octanol–water partition coefficient (Wildman–Crippen LogP) is 2.50. The average Bonchev–Trinajstić information content (AvgIpc) is 2.63. The molecule has 0 saturated heterocycles. The first-order chi connectivity index (χ1) is 7.04. The summed E-state index contributed by atoms with van der Waals surface area (Å²) in [4.78, 5) is 23.3. The molecular formula is C10H12ClNO2S. The van der Waals surface area contributed by atoms with Crippen molar-refractivity contribution >= 4 is 34.6 Å². The molecule has 1 rings (SSSR count). The van der Waals surface area contributed by atoms with E-state index in [1.165, 1.54) is 11.3 Å². The molecule has 0 aliphatic heterocycles. The highest BCUT2D eigenvalue weighted by molar-refractivity contribution is 7.18. The van der Waals surface area contributed by atoms with Crippen molar-refractivity contribution < 1.29 is 9.59 Å². The maximum absolute atomic E-state index is 11.6. The summed E-state index contributed by atoms with van der Waals surface area (Å²) in [6, 6.07) is 2.86. The van der Waals surface area contributed by atoms with Crippen molar-refractivity contribution in [2.75, 3.05) is 0 Å². The number of ketones is 1. The lowest BCUT2D eigenvalue weighted by atomic mass is 10.2. The first-order valence-corrected chi connectivity index (χ1v) is 5.83. The van der Waals surface area contributed by atoms with Gasteiger partial charge < -0.3 is 5.32 Å². The minimum Gasteiger partial charge on any atom is -0.342 e. The fraction of sp³-hybridized carbons (Fsp3) is 0.400. The molecule has 15 heavy (non-hydrogen) atoms. The Morgan fingerprint density at radius 3 is 2.67 bits per heavy atom. The predicted molar refractivity (Wildman–Crippen MR) is 61.6 cm³/mol. The van der Waals surface area contributed by atoms with E-state index in [0.29, 0.717) is 15.6 Å². The highest BCUT2D eigenvalue weighted by Gasteiger charge is 2.15. The summed E-state index contributed by atoms with van der Waals surface area (Å²) < 4.78 is 0.564. The number of carbonyl (C=O) groups excluding carboxylic acids is 2. The second-order valence-electron chi connectivity index (χ2n) is 3.12. The molecule has 1 aromatic heterocycles. The van der Waals surface area contributed by atoms with Gasteiger partial charge in [-0.15, -0.1) is 11.3 Å². The minimum atomic E-state index is -0.441. The lowest BCUT2D eigenvalue weighted by Gasteiger charge is -2.10. The molecular weight excluding hydrogens is 234 g/mol. The molecule has 0 bridgehead atoms. The van der Waals surface area contributed by atoms with E-state index in [0.717, 1.165) is 0 Å². The van der Waals surface area contributed by atoms with Gasteiger partial charge in [0.2, 0.25) is 0 Å². The van der Waals surface area contributed by atoms with E-state index in [1.807, 2.05) is 0 Å². The van der Waals surface area contributed by atoms with Gasteiger partial charge in [-0.2, -0.15) is 0 Å². The Morgan fingerprint density at radius 1 is 1.53 bits per heavy atom. The third kappa shape index (κ3) is 3.32. The molecule has 1 aromatic rings. The number of nitrogens with one attached hydrogen (secondary N) is 1. The number of hydrogen-bond donors (Lipinski definition) is 1. The standard InChI is InChI=1S/C10H12ClNO2S/c1-3-7(13)6(2)12-10(14)8-4-5-9(11)15-8/h4-6H,3H2,1-2H3,(H,12,14). The van der Waals surface area contributed by atoms with E-state index in [4.69, 9.17) is 11.6 Å². The fourth-order valence-electron chi connectivity index (χ4n) is 1.09. The Morgan fingerprint density at radius 2 is 2.20 bits per heavy atom. The Bertz CT molecular complexity index is 375. The number of halogens is 1. The Balaban J connectivity index is 2.60. The molecule has 0 spiro atoms. The largest absolute Gasteiger partial charge is 0.342 e. The molecule has 0 radical (unpaired) electrons. The highest BCUT2D eigenvalue weighted by atomic mass is 35.5. The van der Waals surface area contributed by atoms with Crippen LogP contribution in [0.2, 0.25) is 4.34 Å². The summed E-state index contributed by atoms with van der Waals surface area (Å²) in [5.74, 6) is -0.229. The van der Waals surface area contributed by atoms with Crippen molar-refractivity contribution in [3.05, 3.63) is 21.3 Å². The molecule has 1 unspecified atom stereocenters. The zero-order valence-corrected chi connectivity index (χ0v) is 10.1. The van der Waals surface area contributed by atoms with E-state index in [2.05, 4.69) is 5.32 Å². The smallest absolute Gasteiger partial charge is 0.261 e. The van der Waals surface area contributed by atoms with E-state index in [-0.39, 0.29) is 11.7 Å². The monoisotopic (exact) mass is 245 g/mol. The molecule has 1 amide bonds. The molecule has 5 heteroatoms. The van der Waals surface area contributed by atoms with E-state index >= 15 is 0 Å². The molecule has 0 aliphatic rings. The molecule has 3 nitrogen and oxygen atoms in total. The van der Waals surface area contributed by atoms with Crippen LogP contribution in [-0.2, 0) is 4.79 Å². The molecule has 1 heterocycles. The lowest BCUT2D eigenvalue weighted by molar-refractivity contribution is -0.120. The molecule has 0 fully saturated rings. The van der Waals surface area contributed by atoms with Crippen LogP contribution in [0.3, 0.4) is 0 Å². The van der Waals surface area contributed by atoms with Crippen LogP contribution >= 0.6 is 22.9 Å². The van der Waals surface area contributed by atoms with Gasteiger partial charge >= 0.3 is 0 Å². The van der Waals surface area contributed by atoms with Gasteiger partial charge in [-0.25, -0.2) is 0 Å². The van der Waals surface area contributed by atoms with Crippen molar-refractivity contribution in [3.8, 4) is 0 Å².